The van der Waals surface area contributed by atoms with Gasteiger partial charge in [0.25, 0.3) is 5.56 Å². The highest BCUT2D eigenvalue weighted by molar-refractivity contribution is 7.90. The van der Waals surface area contributed by atoms with Crippen LogP contribution in [0.4, 0.5) is 0 Å². The van der Waals surface area contributed by atoms with E-state index in [4.69, 9.17) is 0 Å². The third-order valence-electron chi connectivity index (χ3n) is 3.40. The largest absolute Gasteiger partial charge is 0.306 e. The molecule has 0 aliphatic rings. The summed E-state index contributed by atoms with van der Waals surface area (Å²) < 4.78 is 22.9. The van der Waals surface area contributed by atoms with Crippen molar-refractivity contribution in [2.45, 2.75) is 11.8 Å². The number of rotatable bonds is 3. The minimum atomic E-state index is -3.20. The molecule has 1 N–H and O–H groups in total. The Labute approximate surface area is 137 Å². The van der Waals surface area contributed by atoms with E-state index in [-0.39, 0.29) is 10.5 Å². The molecule has 3 aromatic rings. The van der Waals surface area contributed by atoms with Gasteiger partial charge in [0.2, 0.25) is 0 Å². The number of thiophene rings is 1. The normalized spacial score (nSPS) is 12.7. The van der Waals surface area contributed by atoms with E-state index < -0.39 is 9.84 Å². The second kappa shape index (κ2) is 5.75. The zero-order chi connectivity index (χ0) is 16.6. The van der Waals surface area contributed by atoms with Crippen molar-refractivity contribution in [1.29, 1.82) is 0 Å². The highest BCUT2D eigenvalue weighted by Gasteiger charge is 2.08. The van der Waals surface area contributed by atoms with Gasteiger partial charge in [-0.05, 0) is 47.7 Å². The van der Waals surface area contributed by atoms with Crippen molar-refractivity contribution in [1.82, 2.24) is 9.97 Å². The van der Waals surface area contributed by atoms with E-state index in [1.165, 1.54) is 17.6 Å². The molecule has 0 radical (unpaired) electrons. The highest BCUT2D eigenvalue weighted by atomic mass is 32.2. The molecule has 0 spiro atoms. The maximum atomic E-state index is 12.0. The standard InChI is InChI=1S/C16H14N2O3S2/c1-10(9-11-3-5-12(6-4-11)23(2,20)21)14-17-15(19)13-7-8-22-16(13)18-14/h3-9H,1-2H3,(H,17,18,19)/b10-9-. The van der Waals surface area contributed by atoms with Gasteiger partial charge in [-0.25, -0.2) is 13.4 Å². The predicted octanol–water partition coefficient (Wildman–Crippen LogP) is 2.95. The van der Waals surface area contributed by atoms with Gasteiger partial charge in [0, 0.05) is 6.26 Å². The van der Waals surface area contributed by atoms with Crippen LogP contribution >= 0.6 is 11.3 Å². The Morgan fingerprint density at radius 3 is 2.57 bits per heavy atom. The number of H-pyrrole nitrogens is 1. The third-order valence-corrected chi connectivity index (χ3v) is 5.33. The van der Waals surface area contributed by atoms with E-state index in [1.807, 2.05) is 18.4 Å². The van der Waals surface area contributed by atoms with Crippen molar-refractivity contribution < 1.29 is 8.42 Å². The third kappa shape index (κ3) is 3.25. The monoisotopic (exact) mass is 346 g/mol. The Morgan fingerprint density at radius 1 is 1.22 bits per heavy atom. The molecule has 0 amide bonds. The van der Waals surface area contributed by atoms with Crippen LogP contribution in [0.5, 0.6) is 0 Å². The van der Waals surface area contributed by atoms with E-state index in [0.717, 1.165) is 11.1 Å². The molecule has 0 saturated carbocycles. The smallest absolute Gasteiger partial charge is 0.259 e. The number of sulfone groups is 1. The molecule has 2 aromatic heterocycles. The zero-order valence-corrected chi connectivity index (χ0v) is 14.2. The summed E-state index contributed by atoms with van der Waals surface area (Å²) in [5.74, 6) is 0.511. The molecule has 2 heterocycles. The van der Waals surface area contributed by atoms with Crippen LogP contribution in [0.1, 0.15) is 18.3 Å². The van der Waals surface area contributed by atoms with Gasteiger partial charge in [0.15, 0.2) is 9.84 Å². The van der Waals surface area contributed by atoms with E-state index in [2.05, 4.69) is 9.97 Å². The molecule has 0 bridgehead atoms. The predicted molar refractivity (Wildman–Crippen MR) is 93.3 cm³/mol. The molecular weight excluding hydrogens is 332 g/mol. The van der Waals surface area contributed by atoms with Crippen molar-refractivity contribution in [3.63, 3.8) is 0 Å². The van der Waals surface area contributed by atoms with Crippen LogP contribution in [-0.2, 0) is 9.84 Å². The Balaban J connectivity index is 1.99. The molecule has 118 valence electrons. The molecule has 23 heavy (non-hydrogen) atoms. The zero-order valence-electron chi connectivity index (χ0n) is 12.5. The number of hydrogen-bond donors (Lipinski definition) is 1. The van der Waals surface area contributed by atoms with Crippen LogP contribution < -0.4 is 5.56 Å². The van der Waals surface area contributed by atoms with Crippen molar-refractivity contribution in [3.8, 4) is 0 Å². The Morgan fingerprint density at radius 2 is 1.91 bits per heavy atom. The molecular formula is C16H14N2O3S2. The molecule has 0 saturated heterocycles. The summed E-state index contributed by atoms with van der Waals surface area (Å²) in [6.07, 6.45) is 3.03. The average Bonchev–Trinajstić information content (AvgIpc) is 2.96. The summed E-state index contributed by atoms with van der Waals surface area (Å²) in [5.41, 5.74) is 1.47. The second-order valence-electron chi connectivity index (χ2n) is 5.22. The molecule has 0 unspecified atom stereocenters. The summed E-state index contributed by atoms with van der Waals surface area (Å²) in [5, 5.41) is 2.42. The highest BCUT2D eigenvalue weighted by Crippen LogP contribution is 2.19. The van der Waals surface area contributed by atoms with Crippen LogP contribution in [0.25, 0.3) is 21.9 Å². The quantitative estimate of drug-likeness (QED) is 0.791. The summed E-state index contributed by atoms with van der Waals surface area (Å²) >= 11 is 1.42. The Hall–Kier alpha value is -2.25. The first-order chi connectivity index (χ1) is 10.8. The fraction of sp³-hybridized carbons (Fsp3) is 0.125. The van der Waals surface area contributed by atoms with Gasteiger partial charge in [0.05, 0.1) is 10.3 Å². The molecule has 0 atom stereocenters. The minimum absolute atomic E-state index is 0.161. The molecule has 3 rings (SSSR count). The fourth-order valence-corrected chi connectivity index (χ4v) is 3.58. The lowest BCUT2D eigenvalue weighted by Crippen LogP contribution is -2.09. The van der Waals surface area contributed by atoms with Gasteiger partial charge >= 0.3 is 0 Å². The topological polar surface area (TPSA) is 79.9 Å². The van der Waals surface area contributed by atoms with Crippen LogP contribution in [0.2, 0.25) is 0 Å². The summed E-state index contributed by atoms with van der Waals surface area (Å²) in [6, 6.07) is 8.32. The van der Waals surface area contributed by atoms with Crippen LogP contribution in [0.15, 0.2) is 45.4 Å². The molecule has 0 aliphatic carbocycles. The first-order valence-corrected chi connectivity index (χ1v) is 9.58. The number of nitrogens with one attached hydrogen (secondary N) is 1. The maximum Gasteiger partial charge on any atom is 0.259 e. The SMILES string of the molecule is C/C(=C/c1ccc(S(C)(=O)=O)cc1)c1nc2sccc2c(=O)[nH]1. The number of aromatic amines is 1. The van der Waals surface area contributed by atoms with E-state index in [1.54, 1.807) is 30.3 Å². The number of allylic oxidation sites excluding steroid dienone is 1. The van der Waals surface area contributed by atoms with Gasteiger partial charge in [-0.1, -0.05) is 12.1 Å². The van der Waals surface area contributed by atoms with Gasteiger partial charge in [-0.15, -0.1) is 11.3 Å². The van der Waals surface area contributed by atoms with E-state index in [9.17, 15) is 13.2 Å². The van der Waals surface area contributed by atoms with E-state index >= 15 is 0 Å². The van der Waals surface area contributed by atoms with Crippen molar-refractivity contribution >= 4 is 43.0 Å². The lowest BCUT2D eigenvalue weighted by atomic mass is 10.1. The molecule has 5 nitrogen and oxygen atoms in total. The minimum Gasteiger partial charge on any atom is -0.306 e. The number of aromatic nitrogens is 2. The van der Waals surface area contributed by atoms with Crippen LogP contribution in [-0.4, -0.2) is 24.6 Å². The summed E-state index contributed by atoms with van der Waals surface area (Å²) in [7, 11) is -3.20. The summed E-state index contributed by atoms with van der Waals surface area (Å²) in [6.45, 7) is 1.85. The number of nitrogens with zero attached hydrogens (tertiary/aromatic N) is 1. The van der Waals surface area contributed by atoms with Gasteiger partial charge in [-0.2, -0.15) is 0 Å². The lowest BCUT2D eigenvalue weighted by molar-refractivity contribution is 0.602. The van der Waals surface area contributed by atoms with Gasteiger partial charge in [0.1, 0.15) is 10.7 Å². The molecule has 0 aliphatic heterocycles. The Bertz CT molecular complexity index is 1060. The number of fused-ring (bicyclic) bond motifs is 1. The van der Waals surface area contributed by atoms with E-state index in [0.29, 0.717) is 16.0 Å². The van der Waals surface area contributed by atoms with Gasteiger partial charge < -0.3 is 4.98 Å². The first-order valence-electron chi connectivity index (χ1n) is 6.81. The fourth-order valence-electron chi connectivity index (χ4n) is 2.18. The first kappa shape index (κ1) is 15.6. The number of benzene rings is 1. The molecule has 0 fully saturated rings. The van der Waals surface area contributed by atoms with Crippen molar-refractivity contribution in [3.05, 3.63) is 57.5 Å². The van der Waals surface area contributed by atoms with Crippen LogP contribution in [0.3, 0.4) is 0 Å². The van der Waals surface area contributed by atoms with Crippen LogP contribution in [0, 0.1) is 0 Å². The van der Waals surface area contributed by atoms with Gasteiger partial charge in [-0.3, -0.25) is 4.79 Å². The number of hydrogen-bond acceptors (Lipinski definition) is 5. The molecule has 7 heteroatoms. The van der Waals surface area contributed by atoms with Crippen molar-refractivity contribution in [2.24, 2.45) is 0 Å². The maximum absolute atomic E-state index is 12.0. The second-order valence-corrected chi connectivity index (χ2v) is 8.13. The molecule has 1 aromatic carbocycles. The lowest BCUT2D eigenvalue weighted by Gasteiger charge is -2.03. The van der Waals surface area contributed by atoms with Crippen molar-refractivity contribution in [2.75, 3.05) is 6.26 Å². The Kier molecular flexibility index (Phi) is 3.91. The summed E-state index contributed by atoms with van der Waals surface area (Å²) in [4.78, 5) is 20.2. The average molecular weight is 346 g/mol.